The molecule has 1 aromatic rings. The summed E-state index contributed by atoms with van der Waals surface area (Å²) in [6.45, 7) is 9.29. The van der Waals surface area contributed by atoms with Gasteiger partial charge in [-0.05, 0) is 53.5 Å². The van der Waals surface area contributed by atoms with Crippen molar-refractivity contribution in [2.75, 3.05) is 20.2 Å². The first kappa shape index (κ1) is 16.3. The lowest BCUT2D eigenvalue weighted by Crippen LogP contribution is -2.37. The molecule has 4 heteroatoms. The number of hydrogen-bond acceptors (Lipinski definition) is 3. The molecule has 1 saturated heterocycles. The van der Waals surface area contributed by atoms with Gasteiger partial charge in [-0.2, -0.15) is 0 Å². The van der Waals surface area contributed by atoms with Crippen molar-refractivity contribution in [1.82, 2.24) is 10.2 Å². The molecule has 0 spiro atoms. The van der Waals surface area contributed by atoms with Crippen LogP contribution in [0.3, 0.4) is 0 Å². The van der Waals surface area contributed by atoms with E-state index in [1.165, 1.54) is 42.2 Å². The van der Waals surface area contributed by atoms with Crippen molar-refractivity contribution in [3.05, 3.63) is 34.4 Å². The number of rotatable bonds is 1. The SMILES string of the molecule is COC(=O)N1CCc2cc(C(C)(C)C)cc([C@@H]3CCCN3)c2C1. The fourth-order valence-corrected chi connectivity index (χ4v) is 3.68. The molecule has 2 aliphatic rings. The zero-order valence-electron chi connectivity index (χ0n) is 14.7. The smallest absolute Gasteiger partial charge is 0.409 e. The van der Waals surface area contributed by atoms with Gasteiger partial charge < -0.3 is 15.0 Å². The third-order valence-corrected chi connectivity index (χ3v) is 5.11. The largest absolute Gasteiger partial charge is 0.453 e. The molecule has 0 saturated carbocycles. The third kappa shape index (κ3) is 3.23. The van der Waals surface area contributed by atoms with E-state index < -0.39 is 0 Å². The Hall–Kier alpha value is -1.55. The van der Waals surface area contributed by atoms with Crippen molar-refractivity contribution in [2.24, 2.45) is 0 Å². The van der Waals surface area contributed by atoms with E-state index >= 15 is 0 Å². The number of amides is 1. The van der Waals surface area contributed by atoms with Gasteiger partial charge in [0.05, 0.1) is 7.11 Å². The van der Waals surface area contributed by atoms with Crippen LogP contribution in [0.2, 0.25) is 0 Å². The summed E-state index contributed by atoms with van der Waals surface area (Å²) >= 11 is 0. The van der Waals surface area contributed by atoms with Crippen LogP contribution >= 0.6 is 0 Å². The van der Waals surface area contributed by atoms with Gasteiger partial charge in [-0.3, -0.25) is 0 Å². The summed E-state index contributed by atoms with van der Waals surface area (Å²) in [6, 6.07) is 5.13. The first-order valence-electron chi connectivity index (χ1n) is 8.62. The highest BCUT2D eigenvalue weighted by molar-refractivity contribution is 5.68. The molecular formula is C19H28N2O2. The molecule has 1 fully saturated rings. The Bertz CT molecular complexity index is 598. The lowest BCUT2D eigenvalue weighted by Gasteiger charge is -2.33. The maximum absolute atomic E-state index is 11.9. The van der Waals surface area contributed by atoms with Crippen molar-refractivity contribution in [3.63, 3.8) is 0 Å². The molecule has 4 nitrogen and oxygen atoms in total. The molecule has 1 N–H and O–H groups in total. The van der Waals surface area contributed by atoms with E-state index in [9.17, 15) is 4.79 Å². The second-order valence-electron chi connectivity index (χ2n) is 7.74. The number of fused-ring (bicyclic) bond motifs is 1. The molecular weight excluding hydrogens is 288 g/mol. The van der Waals surface area contributed by atoms with Crippen LogP contribution in [0.25, 0.3) is 0 Å². The van der Waals surface area contributed by atoms with Gasteiger partial charge in [0.1, 0.15) is 0 Å². The Morgan fingerprint density at radius 3 is 2.74 bits per heavy atom. The highest BCUT2D eigenvalue weighted by atomic mass is 16.5. The van der Waals surface area contributed by atoms with Crippen molar-refractivity contribution in [3.8, 4) is 0 Å². The molecule has 0 unspecified atom stereocenters. The van der Waals surface area contributed by atoms with Crippen molar-refractivity contribution >= 4 is 6.09 Å². The standard InChI is InChI=1S/C19H28N2O2/c1-19(2,3)14-10-13-7-9-21(18(22)23-4)12-16(13)15(11-14)17-6-5-8-20-17/h10-11,17,20H,5-9,12H2,1-4H3/t17-/m0/s1. The van der Waals surface area contributed by atoms with Crippen LogP contribution in [0.4, 0.5) is 4.79 Å². The van der Waals surface area contributed by atoms with Crippen LogP contribution in [0.1, 0.15) is 61.9 Å². The number of carbonyl (C=O) groups is 1. The number of methoxy groups -OCH3 is 1. The summed E-state index contributed by atoms with van der Waals surface area (Å²) in [7, 11) is 1.46. The number of nitrogens with zero attached hydrogens (tertiary/aromatic N) is 1. The minimum atomic E-state index is -0.221. The first-order chi connectivity index (χ1) is 10.9. The van der Waals surface area contributed by atoms with E-state index in [1.54, 1.807) is 0 Å². The highest BCUT2D eigenvalue weighted by Crippen LogP contribution is 2.35. The van der Waals surface area contributed by atoms with Crippen LogP contribution in [0, 0.1) is 0 Å². The average molecular weight is 316 g/mol. The summed E-state index contributed by atoms with van der Waals surface area (Å²) in [4.78, 5) is 13.7. The summed E-state index contributed by atoms with van der Waals surface area (Å²) in [5.41, 5.74) is 5.65. The van der Waals surface area contributed by atoms with Gasteiger partial charge in [-0.15, -0.1) is 0 Å². The van der Waals surface area contributed by atoms with E-state index in [-0.39, 0.29) is 11.5 Å². The van der Waals surface area contributed by atoms with Crippen LogP contribution < -0.4 is 5.32 Å². The number of hydrogen-bond donors (Lipinski definition) is 1. The number of benzene rings is 1. The van der Waals surface area contributed by atoms with Gasteiger partial charge in [0.15, 0.2) is 0 Å². The molecule has 1 aromatic carbocycles. The van der Waals surface area contributed by atoms with Gasteiger partial charge >= 0.3 is 6.09 Å². The third-order valence-electron chi connectivity index (χ3n) is 5.11. The van der Waals surface area contributed by atoms with Gasteiger partial charge in [0.25, 0.3) is 0 Å². The van der Waals surface area contributed by atoms with Crippen LogP contribution in [0.5, 0.6) is 0 Å². The molecule has 0 radical (unpaired) electrons. The van der Waals surface area contributed by atoms with Crippen LogP contribution in [0.15, 0.2) is 12.1 Å². The minimum absolute atomic E-state index is 0.141. The quantitative estimate of drug-likeness (QED) is 0.862. The number of ether oxygens (including phenoxy) is 1. The van der Waals surface area contributed by atoms with Gasteiger partial charge in [0, 0.05) is 19.1 Å². The zero-order valence-corrected chi connectivity index (χ0v) is 14.7. The van der Waals surface area contributed by atoms with Crippen molar-refractivity contribution < 1.29 is 9.53 Å². The highest BCUT2D eigenvalue weighted by Gasteiger charge is 2.29. The summed E-state index contributed by atoms with van der Waals surface area (Å²) < 4.78 is 4.92. The van der Waals surface area contributed by atoms with Crippen molar-refractivity contribution in [2.45, 2.75) is 58.0 Å². The fraction of sp³-hybridized carbons (Fsp3) is 0.632. The molecule has 1 atom stereocenters. The van der Waals surface area contributed by atoms with E-state index in [0.29, 0.717) is 12.6 Å². The second kappa shape index (κ2) is 6.16. The average Bonchev–Trinajstić information content (AvgIpc) is 3.05. The Morgan fingerprint density at radius 2 is 2.13 bits per heavy atom. The Kier molecular flexibility index (Phi) is 4.37. The monoisotopic (exact) mass is 316 g/mol. The van der Waals surface area contributed by atoms with Gasteiger partial charge in [-0.25, -0.2) is 4.79 Å². The predicted octanol–water partition coefficient (Wildman–Crippen LogP) is 3.53. The lowest BCUT2D eigenvalue weighted by molar-refractivity contribution is 0.118. The van der Waals surface area contributed by atoms with Gasteiger partial charge in [-0.1, -0.05) is 32.9 Å². The minimum Gasteiger partial charge on any atom is -0.453 e. The first-order valence-corrected chi connectivity index (χ1v) is 8.62. The molecule has 0 aliphatic carbocycles. The molecule has 2 aliphatic heterocycles. The molecule has 0 aromatic heterocycles. The summed E-state index contributed by atoms with van der Waals surface area (Å²) in [5.74, 6) is 0. The molecule has 2 heterocycles. The molecule has 3 rings (SSSR count). The number of carbonyl (C=O) groups excluding carboxylic acids is 1. The Labute approximate surface area is 139 Å². The molecule has 1 amide bonds. The molecule has 23 heavy (non-hydrogen) atoms. The summed E-state index contributed by atoms with van der Waals surface area (Å²) in [6.07, 6.45) is 3.09. The van der Waals surface area contributed by atoms with E-state index in [0.717, 1.165) is 19.5 Å². The maximum atomic E-state index is 11.9. The van der Waals surface area contributed by atoms with E-state index in [2.05, 4.69) is 38.2 Å². The predicted molar refractivity (Wildman–Crippen MR) is 91.6 cm³/mol. The zero-order chi connectivity index (χ0) is 16.6. The van der Waals surface area contributed by atoms with Crippen LogP contribution in [-0.2, 0) is 23.1 Å². The Morgan fingerprint density at radius 1 is 1.35 bits per heavy atom. The van der Waals surface area contributed by atoms with E-state index in [1.807, 2.05) is 4.90 Å². The lowest BCUT2D eigenvalue weighted by atomic mass is 9.80. The normalized spacial score (nSPS) is 21.2. The molecule has 126 valence electrons. The fourth-order valence-electron chi connectivity index (χ4n) is 3.68. The van der Waals surface area contributed by atoms with Crippen molar-refractivity contribution in [1.29, 1.82) is 0 Å². The van der Waals surface area contributed by atoms with Crippen LogP contribution in [-0.4, -0.2) is 31.2 Å². The Balaban J connectivity index is 2.03. The number of nitrogens with one attached hydrogen (secondary N) is 1. The topological polar surface area (TPSA) is 41.6 Å². The maximum Gasteiger partial charge on any atom is 0.409 e. The second-order valence-corrected chi connectivity index (χ2v) is 7.74. The van der Waals surface area contributed by atoms with Gasteiger partial charge in [0.2, 0.25) is 0 Å². The molecule has 0 bridgehead atoms. The summed E-state index contributed by atoms with van der Waals surface area (Å²) in [5, 5.41) is 3.63. The van der Waals surface area contributed by atoms with E-state index in [4.69, 9.17) is 4.74 Å².